The van der Waals surface area contributed by atoms with Gasteiger partial charge >= 0.3 is 6.09 Å². The van der Waals surface area contributed by atoms with Gasteiger partial charge in [-0.3, -0.25) is 4.90 Å². The average Bonchev–Trinajstić information content (AvgIpc) is 3.15. The summed E-state index contributed by atoms with van der Waals surface area (Å²) >= 11 is 0. The number of carbonyl (C=O) groups is 1. The maximum atomic E-state index is 13.7. The van der Waals surface area contributed by atoms with Gasteiger partial charge in [-0.05, 0) is 24.5 Å². The van der Waals surface area contributed by atoms with Crippen molar-refractivity contribution in [1.29, 1.82) is 0 Å². The summed E-state index contributed by atoms with van der Waals surface area (Å²) in [5, 5.41) is 9.30. The first kappa shape index (κ1) is 13.8. The number of rotatable bonds is 5. The van der Waals surface area contributed by atoms with Crippen LogP contribution < -0.4 is 0 Å². The van der Waals surface area contributed by atoms with Crippen molar-refractivity contribution in [1.82, 2.24) is 4.90 Å². The van der Waals surface area contributed by atoms with Gasteiger partial charge in [-0.1, -0.05) is 25.1 Å². The zero-order valence-corrected chi connectivity index (χ0v) is 11.0. The monoisotopic (exact) mass is 267 g/mol. The summed E-state index contributed by atoms with van der Waals surface area (Å²) in [6.45, 7) is 1.87. The number of ether oxygens (including phenoxy) is 1. The molecule has 1 N–H and O–H groups in total. The van der Waals surface area contributed by atoms with Crippen molar-refractivity contribution in [3.63, 3.8) is 0 Å². The molecule has 1 aromatic rings. The van der Waals surface area contributed by atoms with E-state index in [1.165, 1.54) is 18.1 Å². The Kier molecular flexibility index (Phi) is 4.04. The molecule has 1 aliphatic rings. The summed E-state index contributed by atoms with van der Waals surface area (Å²) in [5.74, 6) is -0.340. The van der Waals surface area contributed by atoms with E-state index >= 15 is 0 Å². The molecule has 104 valence electrons. The van der Waals surface area contributed by atoms with Crippen molar-refractivity contribution in [3.8, 4) is 0 Å². The van der Waals surface area contributed by atoms with Crippen LogP contribution >= 0.6 is 0 Å². The third kappa shape index (κ3) is 2.71. The van der Waals surface area contributed by atoms with Crippen LogP contribution in [-0.2, 0) is 4.74 Å². The smallest absolute Gasteiger partial charge is 0.409 e. The van der Waals surface area contributed by atoms with Crippen LogP contribution in [-0.4, -0.2) is 35.5 Å². The van der Waals surface area contributed by atoms with Crippen LogP contribution in [0.15, 0.2) is 24.3 Å². The zero-order valence-electron chi connectivity index (χ0n) is 11.0. The highest BCUT2D eigenvalue weighted by Gasteiger charge is 2.48. The Morgan fingerprint density at radius 3 is 2.79 bits per heavy atom. The SMILES string of the molecule is CCC(OC)N(C(=O)O)[C@H]1C[C@H]1c1ccccc1F. The Morgan fingerprint density at radius 2 is 2.26 bits per heavy atom. The van der Waals surface area contributed by atoms with Crippen LogP contribution in [0.4, 0.5) is 9.18 Å². The van der Waals surface area contributed by atoms with Crippen LogP contribution in [0.2, 0.25) is 0 Å². The van der Waals surface area contributed by atoms with Gasteiger partial charge in [0.05, 0.1) is 0 Å². The summed E-state index contributed by atoms with van der Waals surface area (Å²) in [6, 6.07) is 6.33. The third-order valence-corrected chi connectivity index (χ3v) is 3.57. The van der Waals surface area contributed by atoms with E-state index in [-0.39, 0.29) is 17.8 Å². The number of amides is 1. The fourth-order valence-corrected chi connectivity index (χ4v) is 2.55. The summed E-state index contributed by atoms with van der Waals surface area (Å²) in [6.07, 6.45) is -0.270. The second-order valence-electron chi connectivity index (χ2n) is 4.72. The van der Waals surface area contributed by atoms with E-state index in [0.29, 0.717) is 18.4 Å². The molecule has 1 fully saturated rings. The Labute approximate surface area is 111 Å². The Hall–Kier alpha value is -1.62. The van der Waals surface area contributed by atoms with Gasteiger partial charge in [0.1, 0.15) is 12.0 Å². The van der Waals surface area contributed by atoms with Gasteiger partial charge < -0.3 is 9.84 Å². The van der Waals surface area contributed by atoms with Crippen molar-refractivity contribution in [3.05, 3.63) is 35.6 Å². The van der Waals surface area contributed by atoms with E-state index in [4.69, 9.17) is 4.74 Å². The number of methoxy groups -OCH3 is 1. The molecule has 1 saturated carbocycles. The molecule has 0 aromatic heterocycles. The van der Waals surface area contributed by atoms with Gasteiger partial charge in [0.2, 0.25) is 0 Å². The highest BCUT2D eigenvalue weighted by Crippen LogP contribution is 2.46. The minimum absolute atomic E-state index is 0.0681. The van der Waals surface area contributed by atoms with E-state index < -0.39 is 12.3 Å². The van der Waals surface area contributed by atoms with Crippen molar-refractivity contribution in [2.75, 3.05) is 7.11 Å². The van der Waals surface area contributed by atoms with Gasteiger partial charge in [-0.25, -0.2) is 9.18 Å². The van der Waals surface area contributed by atoms with E-state index in [9.17, 15) is 14.3 Å². The number of nitrogens with zero attached hydrogens (tertiary/aromatic N) is 1. The molecule has 1 aliphatic carbocycles. The molecule has 0 bridgehead atoms. The maximum absolute atomic E-state index is 13.7. The van der Waals surface area contributed by atoms with E-state index in [0.717, 1.165) is 0 Å². The molecule has 2 rings (SSSR count). The normalized spacial score (nSPS) is 22.9. The first-order valence-electron chi connectivity index (χ1n) is 6.38. The first-order chi connectivity index (χ1) is 9.10. The van der Waals surface area contributed by atoms with Gasteiger partial charge in [0.15, 0.2) is 0 Å². The van der Waals surface area contributed by atoms with Crippen molar-refractivity contribution in [2.24, 2.45) is 0 Å². The van der Waals surface area contributed by atoms with Crippen LogP contribution in [0.25, 0.3) is 0 Å². The molecule has 0 heterocycles. The van der Waals surface area contributed by atoms with E-state index in [2.05, 4.69) is 0 Å². The molecule has 0 radical (unpaired) electrons. The molecule has 1 aromatic carbocycles. The summed E-state index contributed by atoms with van der Waals surface area (Å²) in [5.41, 5.74) is 0.588. The second-order valence-corrected chi connectivity index (χ2v) is 4.72. The maximum Gasteiger partial charge on any atom is 0.409 e. The highest BCUT2D eigenvalue weighted by atomic mass is 19.1. The number of hydrogen-bond donors (Lipinski definition) is 1. The lowest BCUT2D eigenvalue weighted by atomic mass is 10.1. The molecule has 0 spiro atoms. The molecule has 1 unspecified atom stereocenters. The van der Waals surface area contributed by atoms with E-state index in [1.54, 1.807) is 18.2 Å². The molecular formula is C14H18FNO3. The highest BCUT2D eigenvalue weighted by molar-refractivity contribution is 5.66. The largest absolute Gasteiger partial charge is 0.465 e. The molecule has 0 aliphatic heterocycles. The fourth-order valence-electron chi connectivity index (χ4n) is 2.55. The zero-order chi connectivity index (χ0) is 14.0. The van der Waals surface area contributed by atoms with Crippen LogP contribution in [0.5, 0.6) is 0 Å². The van der Waals surface area contributed by atoms with Crippen LogP contribution in [0.3, 0.4) is 0 Å². The number of carboxylic acid groups (broad SMARTS) is 1. The minimum atomic E-state index is -1.02. The molecule has 4 nitrogen and oxygen atoms in total. The van der Waals surface area contributed by atoms with E-state index in [1.807, 2.05) is 6.92 Å². The lowest BCUT2D eigenvalue weighted by Gasteiger charge is -2.27. The molecule has 5 heteroatoms. The third-order valence-electron chi connectivity index (χ3n) is 3.57. The summed E-state index contributed by atoms with van der Waals surface area (Å²) in [7, 11) is 1.49. The van der Waals surface area contributed by atoms with Gasteiger partial charge in [-0.2, -0.15) is 0 Å². The lowest BCUT2D eigenvalue weighted by Crippen LogP contribution is -2.42. The summed E-state index contributed by atoms with van der Waals surface area (Å²) < 4.78 is 18.9. The average molecular weight is 267 g/mol. The quantitative estimate of drug-likeness (QED) is 0.834. The second kappa shape index (κ2) is 5.57. The summed E-state index contributed by atoms with van der Waals surface area (Å²) in [4.78, 5) is 12.7. The molecule has 1 amide bonds. The van der Waals surface area contributed by atoms with Crippen LogP contribution in [0.1, 0.15) is 31.2 Å². The molecule has 3 atom stereocenters. The van der Waals surface area contributed by atoms with Gasteiger partial charge in [0, 0.05) is 19.1 Å². The lowest BCUT2D eigenvalue weighted by molar-refractivity contribution is -0.0280. The predicted molar refractivity (Wildman–Crippen MR) is 68.5 cm³/mol. The number of benzene rings is 1. The first-order valence-corrected chi connectivity index (χ1v) is 6.38. The Morgan fingerprint density at radius 1 is 1.58 bits per heavy atom. The number of halogens is 1. The van der Waals surface area contributed by atoms with Crippen molar-refractivity contribution in [2.45, 2.75) is 38.0 Å². The van der Waals surface area contributed by atoms with Gasteiger partial charge in [-0.15, -0.1) is 0 Å². The Bertz CT molecular complexity index is 462. The van der Waals surface area contributed by atoms with Crippen molar-refractivity contribution >= 4 is 6.09 Å². The van der Waals surface area contributed by atoms with Crippen molar-refractivity contribution < 1.29 is 19.0 Å². The Balaban J connectivity index is 2.15. The molecular weight excluding hydrogens is 249 g/mol. The minimum Gasteiger partial charge on any atom is -0.465 e. The fraction of sp³-hybridized carbons (Fsp3) is 0.500. The molecule has 19 heavy (non-hydrogen) atoms. The van der Waals surface area contributed by atoms with Crippen LogP contribution in [0, 0.1) is 5.82 Å². The predicted octanol–water partition coefficient (Wildman–Crippen LogP) is 3.04. The topological polar surface area (TPSA) is 49.8 Å². The number of hydrogen-bond acceptors (Lipinski definition) is 2. The van der Waals surface area contributed by atoms with Gasteiger partial charge in [0.25, 0.3) is 0 Å². The molecule has 0 saturated heterocycles. The standard InChI is InChI=1S/C14H18FNO3/c1-3-13(19-2)16(14(17)18)12-8-10(12)9-6-4-5-7-11(9)15/h4-7,10,12-13H,3,8H2,1-2H3,(H,17,18)/t10-,12-,13?/m0/s1.